The maximum atomic E-state index is 11.5. The van der Waals surface area contributed by atoms with E-state index in [1.165, 1.54) is 5.56 Å². The second-order valence-corrected chi connectivity index (χ2v) is 7.74. The molecule has 146 valence electrons. The summed E-state index contributed by atoms with van der Waals surface area (Å²) in [6.07, 6.45) is 4.29. The molecule has 1 aliphatic heterocycles. The molecule has 3 aromatic heterocycles. The summed E-state index contributed by atoms with van der Waals surface area (Å²) in [5.74, 6) is 0.854. The van der Waals surface area contributed by atoms with E-state index in [1.54, 1.807) is 12.5 Å². The lowest BCUT2D eigenvalue weighted by atomic mass is 10.0. The minimum atomic E-state index is -0.268. The summed E-state index contributed by atoms with van der Waals surface area (Å²) in [5, 5.41) is 1.66. The van der Waals surface area contributed by atoms with E-state index < -0.39 is 0 Å². The molecule has 5 aromatic rings. The molecule has 4 heterocycles. The van der Waals surface area contributed by atoms with Gasteiger partial charge >= 0.3 is 5.69 Å². The smallest absolute Gasteiger partial charge is 0.325 e. The Labute approximate surface area is 175 Å². The molecule has 0 saturated heterocycles. The fraction of sp³-hybridized carbons (Fsp3) is 0.0909. The van der Waals surface area contributed by atoms with Gasteiger partial charge in [-0.25, -0.2) is 19.7 Å². The minimum absolute atomic E-state index is 0.268. The van der Waals surface area contributed by atoms with E-state index in [1.807, 2.05) is 30.3 Å². The van der Waals surface area contributed by atoms with E-state index in [4.69, 9.17) is 11.6 Å². The van der Waals surface area contributed by atoms with Crippen LogP contribution in [0.5, 0.6) is 0 Å². The Morgan fingerprint density at radius 1 is 0.967 bits per heavy atom. The highest BCUT2D eigenvalue weighted by Crippen LogP contribution is 2.38. The minimum Gasteiger partial charge on any atom is -0.325 e. The summed E-state index contributed by atoms with van der Waals surface area (Å²) in [7, 11) is 0. The third-order valence-electron chi connectivity index (χ3n) is 5.51. The maximum Gasteiger partial charge on any atom is 0.325 e. The summed E-state index contributed by atoms with van der Waals surface area (Å²) in [6.45, 7) is 0.837. The van der Waals surface area contributed by atoms with Crippen LogP contribution in [0.1, 0.15) is 5.56 Å². The average molecular weight is 415 g/mol. The van der Waals surface area contributed by atoms with E-state index >= 15 is 0 Å². The molecule has 1 aliphatic rings. The first-order valence-corrected chi connectivity index (χ1v) is 9.93. The van der Waals surface area contributed by atoms with Crippen LogP contribution in [0.4, 0.5) is 11.5 Å². The number of benzene rings is 2. The molecule has 2 N–H and O–H groups in total. The molecule has 6 rings (SSSR count). The summed E-state index contributed by atoms with van der Waals surface area (Å²) in [4.78, 5) is 32.6. The van der Waals surface area contributed by atoms with Gasteiger partial charge in [-0.05, 0) is 47.9 Å². The number of aromatic amines is 2. The lowest BCUT2D eigenvalue weighted by Gasteiger charge is -2.20. The number of pyridine rings is 1. The summed E-state index contributed by atoms with van der Waals surface area (Å²) >= 11 is 6.25. The molecule has 0 saturated carbocycles. The lowest BCUT2D eigenvalue weighted by molar-refractivity contribution is 0.975. The van der Waals surface area contributed by atoms with E-state index in [0.29, 0.717) is 16.2 Å². The zero-order valence-electron chi connectivity index (χ0n) is 15.7. The van der Waals surface area contributed by atoms with Crippen molar-refractivity contribution in [1.29, 1.82) is 0 Å². The van der Waals surface area contributed by atoms with Gasteiger partial charge in [-0.1, -0.05) is 23.7 Å². The zero-order valence-corrected chi connectivity index (χ0v) is 16.4. The Balaban J connectivity index is 1.51. The zero-order chi connectivity index (χ0) is 20.2. The number of fused-ring (bicyclic) bond motifs is 3. The van der Waals surface area contributed by atoms with Crippen molar-refractivity contribution in [2.24, 2.45) is 0 Å². The normalized spacial score (nSPS) is 13.3. The van der Waals surface area contributed by atoms with E-state index in [0.717, 1.165) is 46.5 Å². The molecule has 0 bridgehead atoms. The molecule has 0 aliphatic carbocycles. The van der Waals surface area contributed by atoms with Gasteiger partial charge in [-0.2, -0.15) is 0 Å². The van der Waals surface area contributed by atoms with Crippen molar-refractivity contribution in [2.75, 3.05) is 11.4 Å². The molecule has 0 unspecified atom stereocenters. The molecule has 0 fully saturated rings. The Kier molecular flexibility index (Phi) is 3.66. The number of nitrogens with one attached hydrogen (secondary N) is 2. The van der Waals surface area contributed by atoms with Crippen LogP contribution >= 0.6 is 11.6 Å². The van der Waals surface area contributed by atoms with Gasteiger partial charge in [0.1, 0.15) is 12.1 Å². The number of anilines is 2. The van der Waals surface area contributed by atoms with Crippen molar-refractivity contribution in [3.05, 3.63) is 76.1 Å². The highest BCUT2D eigenvalue weighted by molar-refractivity contribution is 6.31. The van der Waals surface area contributed by atoms with Gasteiger partial charge in [0.15, 0.2) is 5.65 Å². The molecule has 0 atom stereocenters. The largest absolute Gasteiger partial charge is 0.325 e. The Bertz CT molecular complexity index is 1510. The quantitative estimate of drug-likeness (QED) is 0.451. The van der Waals surface area contributed by atoms with Crippen LogP contribution in [0.15, 0.2) is 59.8 Å². The van der Waals surface area contributed by atoms with Crippen LogP contribution in [0.3, 0.4) is 0 Å². The standard InChI is InChI=1S/C22H15ClN6O/c23-15-3-1-12-5-6-29(19(12)9-15)21-16-7-13(2-4-17(16)25-11-26-21)14-8-18-20(24-10-14)28-22(30)27-18/h1-4,7-11H,5-6H2,(H2,24,27,28,30). The van der Waals surface area contributed by atoms with E-state index in [9.17, 15) is 4.79 Å². The fourth-order valence-electron chi connectivity index (χ4n) is 4.09. The van der Waals surface area contributed by atoms with Gasteiger partial charge in [-0.3, -0.25) is 4.98 Å². The average Bonchev–Trinajstić information content (AvgIpc) is 3.34. The van der Waals surface area contributed by atoms with Crippen molar-refractivity contribution >= 4 is 45.2 Å². The van der Waals surface area contributed by atoms with Gasteiger partial charge < -0.3 is 9.88 Å². The maximum absolute atomic E-state index is 11.5. The van der Waals surface area contributed by atoms with Crippen molar-refractivity contribution in [3.8, 4) is 11.1 Å². The Hall–Kier alpha value is -3.71. The molecule has 2 aromatic carbocycles. The fourth-order valence-corrected chi connectivity index (χ4v) is 4.26. The first-order valence-electron chi connectivity index (χ1n) is 9.55. The van der Waals surface area contributed by atoms with Gasteiger partial charge in [0.05, 0.1) is 11.0 Å². The van der Waals surface area contributed by atoms with Crippen LogP contribution in [0.25, 0.3) is 33.2 Å². The molecule has 0 radical (unpaired) electrons. The predicted octanol–water partition coefficient (Wildman–Crippen LogP) is 4.21. The number of halogens is 1. The van der Waals surface area contributed by atoms with Crippen molar-refractivity contribution in [3.63, 3.8) is 0 Å². The first-order chi connectivity index (χ1) is 14.7. The van der Waals surface area contributed by atoms with Gasteiger partial charge in [0, 0.05) is 34.4 Å². The SMILES string of the molecule is O=c1[nH]c2cc(-c3ccc4ncnc(N5CCc6ccc(Cl)cc65)c4c3)cnc2[nH]1. The molecular formula is C22H15ClN6O. The number of nitrogens with zero attached hydrogens (tertiary/aromatic N) is 4. The highest BCUT2D eigenvalue weighted by Gasteiger charge is 2.23. The number of H-pyrrole nitrogens is 2. The number of rotatable bonds is 2. The van der Waals surface area contributed by atoms with Crippen LogP contribution in [-0.2, 0) is 6.42 Å². The summed E-state index contributed by atoms with van der Waals surface area (Å²) in [6, 6.07) is 14.0. The Morgan fingerprint density at radius 3 is 2.83 bits per heavy atom. The number of imidazole rings is 1. The third-order valence-corrected chi connectivity index (χ3v) is 5.75. The first kappa shape index (κ1) is 17.2. The predicted molar refractivity (Wildman–Crippen MR) is 117 cm³/mol. The lowest BCUT2D eigenvalue weighted by Crippen LogP contribution is -2.15. The molecular weight excluding hydrogens is 400 g/mol. The molecule has 7 nitrogen and oxygen atoms in total. The van der Waals surface area contributed by atoms with Crippen LogP contribution in [0.2, 0.25) is 5.02 Å². The Morgan fingerprint density at radius 2 is 1.90 bits per heavy atom. The molecule has 0 spiro atoms. The van der Waals surface area contributed by atoms with E-state index in [-0.39, 0.29) is 5.69 Å². The van der Waals surface area contributed by atoms with Crippen LogP contribution in [-0.4, -0.2) is 31.5 Å². The van der Waals surface area contributed by atoms with E-state index in [2.05, 4.69) is 42.0 Å². The number of hydrogen-bond acceptors (Lipinski definition) is 5. The molecule has 0 amide bonds. The van der Waals surface area contributed by atoms with Gasteiger partial charge in [-0.15, -0.1) is 0 Å². The van der Waals surface area contributed by atoms with Gasteiger partial charge in [0.25, 0.3) is 0 Å². The van der Waals surface area contributed by atoms with Crippen molar-refractivity contribution < 1.29 is 0 Å². The van der Waals surface area contributed by atoms with Crippen molar-refractivity contribution in [1.82, 2.24) is 24.9 Å². The third kappa shape index (κ3) is 2.67. The topological polar surface area (TPSA) is 90.6 Å². The monoisotopic (exact) mass is 414 g/mol. The summed E-state index contributed by atoms with van der Waals surface area (Å²) < 4.78 is 0. The molecule has 30 heavy (non-hydrogen) atoms. The molecule has 8 heteroatoms. The van der Waals surface area contributed by atoms with Gasteiger partial charge in [0.2, 0.25) is 0 Å². The van der Waals surface area contributed by atoms with Crippen LogP contribution in [0, 0.1) is 0 Å². The van der Waals surface area contributed by atoms with Crippen LogP contribution < -0.4 is 10.6 Å². The second kappa shape index (κ2) is 6.40. The van der Waals surface area contributed by atoms with Crippen molar-refractivity contribution in [2.45, 2.75) is 6.42 Å². The number of hydrogen-bond donors (Lipinski definition) is 2. The summed E-state index contributed by atoms with van der Waals surface area (Å²) in [5.41, 5.74) is 6.02. The number of aromatic nitrogens is 5. The highest BCUT2D eigenvalue weighted by atomic mass is 35.5. The second-order valence-electron chi connectivity index (χ2n) is 7.30.